The van der Waals surface area contributed by atoms with Crippen LogP contribution in [0.1, 0.15) is 19.5 Å². The van der Waals surface area contributed by atoms with Crippen LogP contribution in [-0.4, -0.2) is 9.78 Å². The topological polar surface area (TPSA) is 43.8 Å². The fourth-order valence-electron chi connectivity index (χ4n) is 1.82. The second-order valence-electron chi connectivity index (χ2n) is 4.63. The predicted octanol–water partition coefficient (Wildman–Crippen LogP) is 2.28. The zero-order chi connectivity index (χ0) is 11.8. The highest BCUT2D eigenvalue weighted by molar-refractivity contribution is 5.59. The van der Waals surface area contributed by atoms with Gasteiger partial charge >= 0.3 is 0 Å². The van der Waals surface area contributed by atoms with Gasteiger partial charge in [0.15, 0.2) is 0 Å². The van der Waals surface area contributed by atoms with Crippen molar-refractivity contribution in [2.45, 2.75) is 19.4 Å². The van der Waals surface area contributed by atoms with Crippen molar-refractivity contribution < 1.29 is 0 Å². The highest BCUT2D eigenvalue weighted by Gasteiger charge is 2.20. The Balaban J connectivity index is 2.47. The minimum atomic E-state index is -0.366. The van der Waals surface area contributed by atoms with Crippen LogP contribution in [0, 0.1) is 0 Å². The van der Waals surface area contributed by atoms with Crippen molar-refractivity contribution in [1.82, 2.24) is 9.78 Å². The maximum Gasteiger partial charge on any atom is 0.0926 e. The molecule has 0 aliphatic rings. The Labute approximate surface area is 95.9 Å². The van der Waals surface area contributed by atoms with Crippen LogP contribution < -0.4 is 5.73 Å². The van der Waals surface area contributed by atoms with Crippen LogP contribution in [0.3, 0.4) is 0 Å². The number of aromatic nitrogens is 2. The van der Waals surface area contributed by atoms with E-state index in [-0.39, 0.29) is 5.54 Å². The largest absolute Gasteiger partial charge is 0.321 e. The molecule has 0 radical (unpaired) electrons. The third kappa shape index (κ3) is 1.99. The Hall–Kier alpha value is -1.61. The first kappa shape index (κ1) is 10.9. The van der Waals surface area contributed by atoms with Gasteiger partial charge in [0.1, 0.15) is 0 Å². The SMILES string of the molecule is Cn1nc(-c2ccccc2)cc1C(C)(C)N. The fraction of sp³-hybridized carbons (Fsp3) is 0.308. The summed E-state index contributed by atoms with van der Waals surface area (Å²) in [5, 5.41) is 4.48. The molecule has 0 fully saturated rings. The Kier molecular flexibility index (Phi) is 2.56. The summed E-state index contributed by atoms with van der Waals surface area (Å²) in [4.78, 5) is 0. The van der Waals surface area contributed by atoms with Gasteiger partial charge in [-0.1, -0.05) is 30.3 Å². The van der Waals surface area contributed by atoms with Crippen molar-refractivity contribution in [3.05, 3.63) is 42.1 Å². The van der Waals surface area contributed by atoms with Crippen molar-refractivity contribution in [2.24, 2.45) is 12.8 Å². The third-order valence-corrected chi connectivity index (χ3v) is 2.61. The molecule has 1 heterocycles. The first-order chi connectivity index (χ1) is 7.48. The molecule has 0 saturated carbocycles. The Morgan fingerprint density at radius 3 is 2.31 bits per heavy atom. The second-order valence-corrected chi connectivity index (χ2v) is 4.63. The van der Waals surface area contributed by atoms with E-state index in [2.05, 4.69) is 23.3 Å². The minimum absolute atomic E-state index is 0.366. The van der Waals surface area contributed by atoms with Gasteiger partial charge in [-0.3, -0.25) is 4.68 Å². The Morgan fingerprint density at radius 2 is 1.81 bits per heavy atom. The zero-order valence-electron chi connectivity index (χ0n) is 9.94. The summed E-state index contributed by atoms with van der Waals surface area (Å²) in [5.41, 5.74) is 8.84. The molecule has 0 amide bonds. The number of nitrogens with zero attached hydrogens (tertiary/aromatic N) is 2. The van der Waals surface area contributed by atoms with Crippen molar-refractivity contribution in [2.75, 3.05) is 0 Å². The highest BCUT2D eigenvalue weighted by Crippen LogP contribution is 2.23. The van der Waals surface area contributed by atoms with E-state index in [1.165, 1.54) is 0 Å². The molecule has 84 valence electrons. The van der Waals surface area contributed by atoms with E-state index in [4.69, 9.17) is 5.73 Å². The maximum atomic E-state index is 6.09. The van der Waals surface area contributed by atoms with Gasteiger partial charge in [0.25, 0.3) is 0 Å². The predicted molar refractivity (Wildman–Crippen MR) is 65.9 cm³/mol. The van der Waals surface area contributed by atoms with Gasteiger partial charge < -0.3 is 5.73 Å². The highest BCUT2D eigenvalue weighted by atomic mass is 15.3. The summed E-state index contributed by atoms with van der Waals surface area (Å²) in [5.74, 6) is 0. The molecule has 2 rings (SSSR count). The summed E-state index contributed by atoms with van der Waals surface area (Å²) < 4.78 is 1.85. The summed E-state index contributed by atoms with van der Waals surface area (Å²) in [6.45, 7) is 3.97. The lowest BCUT2D eigenvalue weighted by atomic mass is 10.0. The van der Waals surface area contributed by atoms with Crippen LogP contribution in [-0.2, 0) is 12.6 Å². The fourth-order valence-corrected chi connectivity index (χ4v) is 1.82. The van der Waals surface area contributed by atoms with Crippen LogP contribution in [0.4, 0.5) is 0 Å². The van der Waals surface area contributed by atoms with E-state index in [1.807, 2.05) is 43.8 Å². The first-order valence-electron chi connectivity index (χ1n) is 5.37. The smallest absolute Gasteiger partial charge is 0.0926 e. The van der Waals surface area contributed by atoms with E-state index in [1.54, 1.807) is 0 Å². The maximum absolute atomic E-state index is 6.09. The lowest BCUT2D eigenvalue weighted by molar-refractivity contribution is 0.497. The molecule has 1 aromatic heterocycles. The standard InChI is InChI=1S/C13H17N3/c1-13(2,14)12-9-11(15-16(12)3)10-7-5-4-6-8-10/h4-9H,14H2,1-3H3. The van der Waals surface area contributed by atoms with Gasteiger partial charge in [-0.25, -0.2) is 0 Å². The van der Waals surface area contributed by atoms with Crippen molar-refractivity contribution >= 4 is 0 Å². The number of hydrogen-bond acceptors (Lipinski definition) is 2. The number of nitrogens with two attached hydrogens (primary N) is 1. The Morgan fingerprint density at radius 1 is 1.19 bits per heavy atom. The molecule has 1 aromatic carbocycles. The van der Waals surface area contributed by atoms with Crippen LogP contribution in [0.25, 0.3) is 11.3 Å². The normalized spacial score (nSPS) is 11.8. The molecule has 0 spiro atoms. The Bertz CT molecular complexity index is 478. The molecule has 0 aliphatic carbocycles. The van der Waals surface area contributed by atoms with Crippen LogP contribution >= 0.6 is 0 Å². The van der Waals surface area contributed by atoms with Gasteiger partial charge in [0.05, 0.1) is 16.9 Å². The third-order valence-electron chi connectivity index (χ3n) is 2.61. The molecule has 2 N–H and O–H groups in total. The van der Waals surface area contributed by atoms with Gasteiger partial charge in [-0.15, -0.1) is 0 Å². The lowest BCUT2D eigenvalue weighted by Crippen LogP contribution is -2.31. The average molecular weight is 215 g/mol. The van der Waals surface area contributed by atoms with Crippen LogP contribution in [0.2, 0.25) is 0 Å². The second kappa shape index (κ2) is 3.76. The minimum Gasteiger partial charge on any atom is -0.321 e. The molecule has 3 heteroatoms. The van der Waals surface area contributed by atoms with Crippen LogP contribution in [0.15, 0.2) is 36.4 Å². The summed E-state index contributed by atoms with van der Waals surface area (Å²) in [6.07, 6.45) is 0. The van der Waals surface area contributed by atoms with Gasteiger partial charge in [-0.05, 0) is 19.9 Å². The average Bonchev–Trinajstić information content (AvgIpc) is 2.61. The van der Waals surface area contributed by atoms with Gasteiger partial charge in [0.2, 0.25) is 0 Å². The van der Waals surface area contributed by atoms with Crippen molar-refractivity contribution in [1.29, 1.82) is 0 Å². The molecule has 0 saturated heterocycles. The summed E-state index contributed by atoms with van der Waals surface area (Å²) >= 11 is 0. The number of hydrogen-bond donors (Lipinski definition) is 1. The number of rotatable bonds is 2. The molecule has 3 nitrogen and oxygen atoms in total. The lowest BCUT2D eigenvalue weighted by Gasteiger charge is -2.18. The van der Waals surface area contributed by atoms with Gasteiger partial charge in [0, 0.05) is 12.6 Å². The van der Waals surface area contributed by atoms with E-state index in [9.17, 15) is 0 Å². The zero-order valence-corrected chi connectivity index (χ0v) is 9.94. The molecule has 0 bridgehead atoms. The van der Waals surface area contributed by atoms with Crippen molar-refractivity contribution in [3.8, 4) is 11.3 Å². The molecule has 0 atom stereocenters. The number of aryl methyl sites for hydroxylation is 1. The number of benzene rings is 1. The molecular weight excluding hydrogens is 198 g/mol. The quantitative estimate of drug-likeness (QED) is 0.835. The van der Waals surface area contributed by atoms with E-state index in [0.717, 1.165) is 17.0 Å². The first-order valence-corrected chi connectivity index (χ1v) is 5.37. The van der Waals surface area contributed by atoms with E-state index < -0.39 is 0 Å². The monoisotopic (exact) mass is 215 g/mol. The molecule has 0 unspecified atom stereocenters. The molecule has 0 aliphatic heterocycles. The summed E-state index contributed by atoms with van der Waals surface area (Å²) in [7, 11) is 1.93. The van der Waals surface area contributed by atoms with Crippen LogP contribution in [0.5, 0.6) is 0 Å². The summed E-state index contributed by atoms with van der Waals surface area (Å²) in [6, 6.07) is 12.2. The molecular formula is C13H17N3. The van der Waals surface area contributed by atoms with Gasteiger partial charge in [-0.2, -0.15) is 5.10 Å². The van der Waals surface area contributed by atoms with E-state index >= 15 is 0 Å². The molecule has 2 aromatic rings. The van der Waals surface area contributed by atoms with Crippen molar-refractivity contribution in [3.63, 3.8) is 0 Å². The van der Waals surface area contributed by atoms with E-state index in [0.29, 0.717) is 0 Å². The molecule has 16 heavy (non-hydrogen) atoms.